The molecule has 1 aromatic carbocycles. The van der Waals surface area contributed by atoms with Crippen LogP contribution in [0, 0.1) is 0 Å². The van der Waals surface area contributed by atoms with E-state index in [0.29, 0.717) is 4.90 Å². The monoisotopic (exact) mass is 240 g/mol. The lowest BCUT2D eigenvalue weighted by Crippen LogP contribution is -1.97. The zero-order valence-corrected chi connectivity index (χ0v) is 10.3. The lowest BCUT2D eigenvalue weighted by molar-refractivity contribution is 0.101. The molecular weight excluding hydrogens is 224 g/mol. The van der Waals surface area contributed by atoms with Crippen LogP contribution in [0.5, 0.6) is 11.5 Å². The van der Waals surface area contributed by atoms with E-state index >= 15 is 0 Å². The first-order valence-corrected chi connectivity index (χ1v) is 6.25. The first kappa shape index (κ1) is 12.9. The summed E-state index contributed by atoms with van der Waals surface area (Å²) in [6, 6.07) is 2.76. The SMILES string of the molecule is CCCCSc1c(O)ccc(O)c1C(C)=O. The molecule has 0 bridgehead atoms. The minimum atomic E-state index is -0.229. The summed E-state index contributed by atoms with van der Waals surface area (Å²) < 4.78 is 0. The predicted molar refractivity (Wildman–Crippen MR) is 65.4 cm³/mol. The van der Waals surface area contributed by atoms with Crippen molar-refractivity contribution in [3.8, 4) is 11.5 Å². The minimum Gasteiger partial charge on any atom is -0.507 e. The highest BCUT2D eigenvalue weighted by Gasteiger charge is 2.16. The van der Waals surface area contributed by atoms with Gasteiger partial charge in [-0.1, -0.05) is 13.3 Å². The zero-order chi connectivity index (χ0) is 12.1. The van der Waals surface area contributed by atoms with E-state index in [4.69, 9.17) is 0 Å². The number of rotatable bonds is 5. The van der Waals surface area contributed by atoms with Gasteiger partial charge in [-0.05, 0) is 31.2 Å². The van der Waals surface area contributed by atoms with Crippen molar-refractivity contribution in [2.24, 2.45) is 0 Å². The number of Topliss-reactive ketones (excluding diaryl/α,β-unsaturated/α-hetero) is 1. The fourth-order valence-electron chi connectivity index (χ4n) is 1.37. The van der Waals surface area contributed by atoms with Gasteiger partial charge in [0, 0.05) is 0 Å². The van der Waals surface area contributed by atoms with Crippen molar-refractivity contribution in [3.63, 3.8) is 0 Å². The summed E-state index contributed by atoms with van der Waals surface area (Å²) in [5, 5.41) is 19.3. The van der Waals surface area contributed by atoms with Crippen LogP contribution in [-0.4, -0.2) is 21.7 Å². The van der Waals surface area contributed by atoms with Gasteiger partial charge >= 0.3 is 0 Å². The summed E-state index contributed by atoms with van der Waals surface area (Å²) in [6.45, 7) is 3.47. The largest absolute Gasteiger partial charge is 0.507 e. The fourth-order valence-corrected chi connectivity index (χ4v) is 2.61. The molecule has 0 fully saturated rings. The molecule has 4 heteroatoms. The standard InChI is InChI=1S/C12H16O3S/c1-3-4-7-16-12-10(15)6-5-9(14)11(12)8(2)13/h5-6,14-15H,3-4,7H2,1-2H3. The molecule has 2 N–H and O–H groups in total. The molecule has 0 saturated heterocycles. The van der Waals surface area contributed by atoms with Crippen LogP contribution in [0.2, 0.25) is 0 Å². The normalized spacial score (nSPS) is 10.4. The Morgan fingerprint density at radius 3 is 2.50 bits per heavy atom. The highest BCUT2D eigenvalue weighted by Crippen LogP contribution is 2.37. The van der Waals surface area contributed by atoms with Crippen molar-refractivity contribution >= 4 is 17.5 Å². The molecule has 3 nitrogen and oxygen atoms in total. The van der Waals surface area contributed by atoms with E-state index in [1.807, 2.05) is 0 Å². The predicted octanol–water partition coefficient (Wildman–Crippen LogP) is 3.19. The lowest BCUT2D eigenvalue weighted by Gasteiger charge is -2.10. The minimum absolute atomic E-state index is 0.0594. The molecule has 0 aliphatic carbocycles. The average Bonchev–Trinajstić information content (AvgIpc) is 2.23. The molecule has 0 amide bonds. The number of benzene rings is 1. The Hall–Kier alpha value is -1.16. The van der Waals surface area contributed by atoms with E-state index in [2.05, 4.69) is 6.92 Å². The van der Waals surface area contributed by atoms with Gasteiger partial charge in [0.2, 0.25) is 0 Å². The van der Waals surface area contributed by atoms with Crippen LogP contribution < -0.4 is 0 Å². The number of carbonyl (C=O) groups excluding carboxylic acids is 1. The molecule has 0 saturated carbocycles. The van der Waals surface area contributed by atoms with Gasteiger partial charge in [0.15, 0.2) is 5.78 Å². The fraction of sp³-hybridized carbons (Fsp3) is 0.417. The first-order chi connectivity index (χ1) is 7.57. The number of unbranched alkanes of at least 4 members (excludes halogenated alkanes) is 1. The molecule has 0 atom stereocenters. The van der Waals surface area contributed by atoms with Crippen LogP contribution in [0.1, 0.15) is 37.0 Å². The highest BCUT2D eigenvalue weighted by molar-refractivity contribution is 7.99. The first-order valence-electron chi connectivity index (χ1n) is 5.26. The maximum atomic E-state index is 11.4. The molecule has 0 aliphatic rings. The Morgan fingerprint density at radius 2 is 1.94 bits per heavy atom. The summed E-state index contributed by atoms with van der Waals surface area (Å²) >= 11 is 1.41. The number of phenols is 2. The van der Waals surface area contributed by atoms with Crippen molar-refractivity contribution in [2.45, 2.75) is 31.6 Å². The number of aromatic hydroxyl groups is 2. The van der Waals surface area contributed by atoms with Crippen LogP contribution in [0.15, 0.2) is 17.0 Å². The molecule has 0 aliphatic heterocycles. The summed E-state index contributed by atoms with van der Waals surface area (Å²) in [7, 11) is 0. The molecule has 0 heterocycles. The van der Waals surface area contributed by atoms with Gasteiger partial charge in [0.25, 0.3) is 0 Å². The Bertz CT molecular complexity index is 388. The van der Waals surface area contributed by atoms with Crippen molar-refractivity contribution in [3.05, 3.63) is 17.7 Å². The number of thioether (sulfide) groups is 1. The number of phenolic OH excluding ortho intramolecular Hbond substituents is 2. The topological polar surface area (TPSA) is 57.5 Å². The van der Waals surface area contributed by atoms with Gasteiger partial charge in [-0.3, -0.25) is 4.79 Å². The smallest absolute Gasteiger partial charge is 0.164 e. The molecule has 16 heavy (non-hydrogen) atoms. The maximum Gasteiger partial charge on any atom is 0.164 e. The van der Waals surface area contributed by atoms with E-state index in [1.54, 1.807) is 0 Å². The molecule has 0 spiro atoms. The number of hydrogen-bond acceptors (Lipinski definition) is 4. The van der Waals surface area contributed by atoms with Gasteiger partial charge in [0.1, 0.15) is 11.5 Å². The van der Waals surface area contributed by atoms with E-state index in [-0.39, 0.29) is 22.8 Å². The zero-order valence-electron chi connectivity index (χ0n) is 9.49. The number of carbonyl (C=O) groups is 1. The van der Waals surface area contributed by atoms with Crippen molar-refractivity contribution in [2.75, 3.05) is 5.75 Å². The van der Waals surface area contributed by atoms with Gasteiger partial charge in [-0.2, -0.15) is 0 Å². The third-order valence-electron chi connectivity index (χ3n) is 2.21. The number of ketones is 1. The summed E-state index contributed by atoms with van der Waals surface area (Å²) in [5.74, 6) is 0.592. The summed E-state index contributed by atoms with van der Waals surface area (Å²) in [6.07, 6.45) is 2.07. The van der Waals surface area contributed by atoms with Crippen LogP contribution in [0.25, 0.3) is 0 Å². The molecule has 0 unspecified atom stereocenters. The summed E-state index contributed by atoms with van der Waals surface area (Å²) in [5.41, 5.74) is 0.223. The van der Waals surface area contributed by atoms with Crippen molar-refractivity contribution in [1.82, 2.24) is 0 Å². The van der Waals surface area contributed by atoms with Crippen LogP contribution in [0.4, 0.5) is 0 Å². The highest BCUT2D eigenvalue weighted by atomic mass is 32.2. The third-order valence-corrected chi connectivity index (χ3v) is 3.41. The average molecular weight is 240 g/mol. The maximum absolute atomic E-state index is 11.4. The molecule has 1 aromatic rings. The van der Waals surface area contributed by atoms with Crippen molar-refractivity contribution in [1.29, 1.82) is 0 Å². The summed E-state index contributed by atoms with van der Waals surface area (Å²) in [4.78, 5) is 11.9. The van der Waals surface area contributed by atoms with E-state index in [9.17, 15) is 15.0 Å². The second-order valence-electron chi connectivity index (χ2n) is 3.57. The van der Waals surface area contributed by atoms with Gasteiger partial charge < -0.3 is 10.2 Å². The molecular formula is C12H16O3S. The van der Waals surface area contributed by atoms with Crippen LogP contribution in [0.3, 0.4) is 0 Å². The Kier molecular flexibility index (Phi) is 4.68. The van der Waals surface area contributed by atoms with Gasteiger partial charge in [-0.25, -0.2) is 0 Å². The van der Waals surface area contributed by atoms with E-state index < -0.39 is 0 Å². The van der Waals surface area contributed by atoms with E-state index in [1.165, 1.54) is 30.8 Å². The van der Waals surface area contributed by atoms with Crippen molar-refractivity contribution < 1.29 is 15.0 Å². The van der Waals surface area contributed by atoms with E-state index in [0.717, 1.165) is 18.6 Å². The molecule has 88 valence electrons. The lowest BCUT2D eigenvalue weighted by atomic mass is 10.1. The Morgan fingerprint density at radius 1 is 1.31 bits per heavy atom. The quantitative estimate of drug-likeness (QED) is 0.359. The molecule has 0 aromatic heterocycles. The second kappa shape index (κ2) is 5.80. The second-order valence-corrected chi connectivity index (χ2v) is 4.67. The number of hydrogen-bond donors (Lipinski definition) is 2. The molecule has 1 rings (SSSR count). The third kappa shape index (κ3) is 2.92. The Labute approximate surface area is 99.5 Å². The van der Waals surface area contributed by atoms with Crippen LogP contribution in [-0.2, 0) is 0 Å². The molecule has 0 radical (unpaired) electrons. The van der Waals surface area contributed by atoms with Crippen LogP contribution >= 0.6 is 11.8 Å². The van der Waals surface area contributed by atoms with Gasteiger partial charge in [0.05, 0.1) is 10.5 Å². The Balaban J connectivity index is 3.03. The van der Waals surface area contributed by atoms with Gasteiger partial charge in [-0.15, -0.1) is 11.8 Å².